The Morgan fingerprint density at radius 3 is 2.52 bits per heavy atom. The highest BCUT2D eigenvalue weighted by molar-refractivity contribution is 7.10. The summed E-state index contributed by atoms with van der Waals surface area (Å²) in [6, 6.07) is 13.0. The van der Waals surface area contributed by atoms with Crippen molar-refractivity contribution < 1.29 is 9.59 Å². The topological polar surface area (TPSA) is 58.2 Å². The van der Waals surface area contributed by atoms with E-state index in [4.69, 9.17) is 0 Å². The summed E-state index contributed by atoms with van der Waals surface area (Å²) in [6.07, 6.45) is 0. The predicted molar refractivity (Wildman–Crippen MR) is 94.6 cm³/mol. The molecule has 1 aromatic carbocycles. The Morgan fingerprint density at radius 1 is 0.957 bits per heavy atom. The van der Waals surface area contributed by atoms with E-state index in [1.807, 2.05) is 22.9 Å². The van der Waals surface area contributed by atoms with Crippen molar-refractivity contribution in [3.63, 3.8) is 0 Å². The van der Waals surface area contributed by atoms with Crippen molar-refractivity contribution in [1.82, 2.24) is 5.32 Å². The van der Waals surface area contributed by atoms with Crippen LogP contribution in [-0.4, -0.2) is 11.8 Å². The molecule has 23 heavy (non-hydrogen) atoms. The molecule has 0 spiro atoms. The van der Waals surface area contributed by atoms with E-state index in [2.05, 4.69) is 22.1 Å². The molecule has 0 aliphatic carbocycles. The molecule has 6 heteroatoms. The molecule has 0 saturated heterocycles. The predicted octanol–water partition coefficient (Wildman–Crippen LogP) is 3.73. The molecule has 0 bridgehead atoms. The molecule has 0 aliphatic rings. The first-order valence-corrected chi connectivity index (χ1v) is 8.79. The molecule has 3 rings (SSSR count). The fraction of sp³-hybridized carbons (Fsp3) is 0.0588. The monoisotopic (exact) mass is 342 g/mol. The van der Waals surface area contributed by atoms with Crippen molar-refractivity contribution in [3.05, 3.63) is 63.5 Å². The highest BCUT2D eigenvalue weighted by Gasteiger charge is 2.13. The van der Waals surface area contributed by atoms with E-state index in [0.717, 1.165) is 10.4 Å². The first kappa shape index (κ1) is 15.5. The number of carbonyl (C=O) groups excluding carboxylic acids is 2. The highest BCUT2D eigenvalue weighted by Crippen LogP contribution is 2.27. The van der Waals surface area contributed by atoms with E-state index in [9.17, 15) is 9.59 Å². The number of carbonyl (C=O) groups is 2. The lowest BCUT2D eigenvalue weighted by atomic mass is 10.2. The maximum Gasteiger partial charge on any atom is 0.313 e. The zero-order valence-corrected chi connectivity index (χ0v) is 13.7. The van der Waals surface area contributed by atoms with Gasteiger partial charge in [-0.1, -0.05) is 18.2 Å². The third kappa shape index (κ3) is 4.06. The van der Waals surface area contributed by atoms with Crippen LogP contribution in [0.2, 0.25) is 0 Å². The molecule has 0 unspecified atom stereocenters. The molecule has 0 saturated carbocycles. The fourth-order valence-corrected chi connectivity index (χ4v) is 3.51. The number of hydrogen-bond acceptors (Lipinski definition) is 4. The number of rotatable bonds is 4. The van der Waals surface area contributed by atoms with Crippen LogP contribution in [0.15, 0.2) is 58.6 Å². The summed E-state index contributed by atoms with van der Waals surface area (Å²) >= 11 is 3.21. The van der Waals surface area contributed by atoms with Crippen LogP contribution in [0, 0.1) is 0 Å². The van der Waals surface area contributed by atoms with Gasteiger partial charge in [0.1, 0.15) is 0 Å². The molecular weight excluding hydrogens is 328 g/mol. The SMILES string of the molecule is O=C(NCc1cc(-c2ccsc2)cs1)C(=O)Nc1ccccc1. The van der Waals surface area contributed by atoms with Crippen molar-refractivity contribution >= 4 is 40.2 Å². The Labute approximate surface area is 141 Å². The van der Waals surface area contributed by atoms with Gasteiger partial charge in [0, 0.05) is 10.6 Å². The number of para-hydroxylation sites is 1. The summed E-state index contributed by atoms with van der Waals surface area (Å²) in [5.74, 6) is -1.30. The van der Waals surface area contributed by atoms with Crippen LogP contribution >= 0.6 is 22.7 Å². The second-order valence-electron chi connectivity index (χ2n) is 4.82. The van der Waals surface area contributed by atoms with Crippen molar-refractivity contribution in [1.29, 1.82) is 0 Å². The zero-order chi connectivity index (χ0) is 16.1. The molecular formula is C17H14N2O2S2. The fourth-order valence-electron chi connectivity index (χ4n) is 2.01. The Bertz CT molecular complexity index is 795. The maximum atomic E-state index is 11.8. The Hall–Kier alpha value is -2.44. The molecule has 0 atom stereocenters. The van der Waals surface area contributed by atoms with Gasteiger partial charge in [-0.15, -0.1) is 11.3 Å². The molecule has 2 heterocycles. The van der Waals surface area contributed by atoms with Gasteiger partial charge in [0.05, 0.1) is 6.54 Å². The molecule has 2 N–H and O–H groups in total. The van der Waals surface area contributed by atoms with Crippen molar-refractivity contribution in [2.24, 2.45) is 0 Å². The molecule has 2 amide bonds. The Kier molecular flexibility index (Phi) is 4.85. The molecule has 0 aliphatic heterocycles. The number of amides is 2. The van der Waals surface area contributed by atoms with Gasteiger partial charge in [-0.05, 0) is 51.5 Å². The van der Waals surface area contributed by atoms with Crippen molar-refractivity contribution in [2.45, 2.75) is 6.54 Å². The number of nitrogens with one attached hydrogen (secondary N) is 2. The van der Waals surface area contributed by atoms with E-state index in [0.29, 0.717) is 12.2 Å². The summed E-state index contributed by atoms with van der Waals surface area (Å²) in [5, 5.41) is 11.4. The first-order valence-electron chi connectivity index (χ1n) is 6.96. The lowest BCUT2D eigenvalue weighted by molar-refractivity contribution is -0.136. The molecule has 4 nitrogen and oxygen atoms in total. The summed E-state index contributed by atoms with van der Waals surface area (Å²) in [5.41, 5.74) is 2.91. The van der Waals surface area contributed by atoms with E-state index >= 15 is 0 Å². The molecule has 3 aromatic rings. The minimum Gasteiger partial charge on any atom is -0.343 e. The van der Waals surface area contributed by atoms with Crippen molar-refractivity contribution in [3.8, 4) is 11.1 Å². The van der Waals surface area contributed by atoms with Crippen LogP contribution < -0.4 is 10.6 Å². The van der Waals surface area contributed by atoms with Crippen LogP contribution in [0.25, 0.3) is 11.1 Å². The van der Waals surface area contributed by atoms with Gasteiger partial charge in [0.15, 0.2) is 0 Å². The zero-order valence-electron chi connectivity index (χ0n) is 12.1. The second-order valence-corrected chi connectivity index (χ2v) is 6.59. The summed E-state index contributed by atoms with van der Waals surface area (Å²) < 4.78 is 0. The number of hydrogen-bond donors (Lipinski definition) is 2. The lowest BCUT2D eigenvalue weighted by Gasteiger charge is -2.05. The minimum atomic E-state index is -0.661. The largest absolute Gasteiger partial charge is 0.343 e. The maximum absolute atomic E-state index is 11.8. The van der Waals surface area contributed by atoms with Gasteiger partial charge in [0.2, 0.25) is 0 Å². The normalized spacial score (nSPS) is 10.3. The standard InChI is InChI=1S/C17H14N2O2S2/c20-16(17(21)19-14-4-2-1-3-5-14)18-9-15-8-13(11-23-15)12-6-7-22-10-12/h1-8,10-11H,9H2,(H,18,20)(H,19,21). The first-order chi connectivity index (χ1) is 11.2. The molecule has 0 fully saturated rings. The van der Waals surface area contributed by atoms with E-state index in [1.165, 1.54) is 5.56 Å². The average molecular weight is 342 g/mol. The van der Waals surface area contributed by atoms with Gasteiger partial charge in [0.25, 0.3) is 0 Å². The van der Waals surface area contributed by atoms with E-state index < -0.39 is 11.8 Å². The van der Waals surface area contributed by atoms with E-state index in [-0.39, 0.29) is 0 Å². The third-order valence-corrected chi connectivity index (χ3v) is 4.79. The lowest BCUT2D eigenvalue weighted by Crippen LogP contribution is -2.34. The molecule has 116 valence electrons. The Balaban J connectivity index is 1.54. The van der Waals surface area contributed by atoms with Crippen LogP contribution in [0.3, 0.4) is 0 Å². The van der Waals surface area contributed by atoms with Crippen LogP contribution in [0.4, 0.5) is 5.69 Å². The van der Waals surface area contributed by atoms with Gasteiger partial charge in [-0.25, -0.2) is 0 Å². The number of thiophene rings is 2. The van der Waals surface area contributed by atoms with Gasteiger partial charge < -0.3 is 10.6 Å². The van der Waals surface area contributed by atoms with Gasteiger partial charge in [-0.3, -0.25) is 9.59 Å². The summed E-state index contributed by atoms with van der Waals surface area (Å²) in [7, 11) is 0. The summed E-state index contributed by atoms with van der Waals surface area (Å²) in [6.45, 7) is 0.343. The molecule has 2 aromatic heterocycles. The number of benzene rings is 1. The summed E-state index contributed by atoms with van der Waals surface area (Å²) in [4.78, 5) is 24.7. The van der Waals surface area contributed by atoms with Crippen LogP contribution in [0.1, 0.15) is 4.88 Å². The quantitative estimate of drug-likeness (QED) is 0.710. The number of anilines is 1. The van der Waals surface area contributed by atoms with Crippen LogP contribution in [-0.2, 0) is 16.1 Å². The average Bonchev–Trinajstić information content (AvgIpc) is 3.24. The smallest absolute Gasteiger partial charge is 0.313 e. The van der Waals surface area contributed by atoms with Gasteiger partial charge in [-0.2, -0.15) is 11.3 Å². The third-order valence-electron chi connectivity index (χ3n) is 3.17. The highest BCUT2D eigenvalue weighted by atomic mass is 32.1. The van der Waals surface area contributed by atoms with Crippen LogP contribution in [0.5, 0.6) is 0 Å². The Morgan fingerprint density at radius 2 is 1.78 bits per heavy atom. The second kappa shape index (κ2) is 7.21. The van der Waals surface area contributed by atoms with Gasteiger partial charge >= 0.3 is 11.8 Å². The van der Waals surface area contributed by atoms with Crippen molar-refractivity contribution in [2.75, 3.05) is 5.32 Å². The van der Waals surface area contributed by atoms with E-state index in [1.54, 1.807) is 46.9 Å². The minimum absolute atomic E-state index is 0.343. The molecule has 0 radical (unpaired) electrons.